The van der Waals surface area contributed by atoms with E-state index in [0.717, 1.165) is 5.56 Å². The highest BCUT2D eigenvalue weighted by molar-refractivity contribution is 5.33. The molecule has 0 atom stereocenters. The van der Waals surface area contributed by atoms with Gasteiger partial charge in [0, 0.05) is 23.1 Å². The zero-order valence-corrected chi connectivity index (χ0v) is 9.02. The summed E-state index contributed by atoms with van der Waals surface area (Å²) in [6, 6.07) is 9.56. The van der Waals surface area contributed by atoms with Crippen molar-refractivity contribution in [1.82, 2.24) is 14.5 Å². The Labute approximate surface area is 97.6 Å². The number of hydrogen-bond acceptors (Lipinski definition) is 3. The van der Waals surface area contributed by atoms with Gasteiger partial charge in [-0.3, -0.25) is 4.40 Å². The molecule has 2 aromatic heterocycles. The molecule has 0 amide bonds. The first-order chi connectivity index (χ1) is 8.33. The van der Waals surface area contributed by atoms with Crippen LogP contribution in [0.5, 0.6) is 6.01 Å². The van der Waals surface area contributed by atoms with Crippen LogP contribution in [-0.4, -0.2) is 14.5 Å². The van der Waals surface area contributed by atoms with E-state index in [-0.39, 0.29) is 6.01 Å². The molecule has 0 radical (unpaired) electrons. The number of fused-ring (bicyclic) bond motifs is 1. The van der Waals surface area contributed by atoms with Gasteiger partial charge in [-0.2, -0.15) is 0 Å². The van der Waals surface area contributed by atoms with Crippen molar-refractivity contribution >= 4 is 5.65 Å². The zero-order valence-electron chi connectivity index (χ0n) is 9.02. The molecule has 0 aliphatic carbocycles. The van der Waals surface area contributed by atoms with Gasteiger partial charge in [0.25, 0.3) is 0 Å². The Balaban J connectivity index is 2.01. The fraction of sp³-hybridized carbons (Fsp3) is 0.0833. The van der Waals surface area contributed by atoms with Gasteiger partial charge in [0.1, 0.15) is 6.01 Å². The van der Waals surface area contributed by atoms with Crippen LogP contribution in [-0.2, 0) is 6.54 Å². The Kier molecular flexibility index (Phi) is 2.22. The van der Waals surface area contributed by atoms with Crippen molar-refractivity contribution in [2.24, 2.45) is 0 Å². The van der Waals surface area contributed by atoms with Crippen LogP contribution in [0.25, 0.3) is 5.65 Å². The minimum atomic E-state index is -0.309. The maximum atomic E-state index is 11.6. The quantitative estimate of drug-likeness (QED) is 0.584. The van der Waals surface area contributed by atoms with Crippen LogP contribution in [0.15, 0.2) is 48.9 Å². The van der Waals surface area contributed by atoms with Gasteiger partial charge in [-0.05, 0) is 0 Å². The summed E-state index contributed by atoms with van der Waals surface area (Å²) in [5.74, 6) is 0. The van der Waals surface area contributed by atoms with Crippen molar-refractivity contribution in [2.75, 3.05) is 0 Å². The number of rotatable bonds is 2. The molecule has 17 heavy (non-hydrogen) atoms. The van der Waals surface area contributed by atoms with E-state index < -0.39 is 0 Å². The lowest BCUT2D eigenvalue weighted by atomic mass is 10.2. The summed E-state index contributed by atoms with van der Waals surface area (Å²) in [5.41, 5.74) is 1.71. The van der Waals surface area contributed by atoms with Crippen molar-refractivity contribution < 1.29 is 9.79 Å². The number of imidazole rings is 1. The second-order valence-electron chi connectivity index (χ2n) is 3.75. The Hall–Kier alpha value is -2.43. The van der Waals surface area contributed by atoms with Gasteiger partial charge in [0.2, 0.25) is 11.8 Å². The molecule has 0 spiro atoms. The first-order valence-corrected chi connectivity index (χ1v) is 5.28. The Morgan fingerprint density at radius 2 is 2.06 bits per heavy atom. The van der Waals surface area contributed by atoms with E-state index in [2.05, 4.69) is 10.1 Å². The average Bonchev–Trinajstić information content (AvgIpc) is 2.79. The van der Waals surface area contributed by atoms with E-state index in [4.69, 9.17) is 0 Å². The third-order valence-corrected chi connectivity index (χ3v) is 2.54. The minimum Gasteiger partial charge on any atom is -0.841 e. The second-order valence-corrected chi connectivity index (χ2v) is 3.75. The smallest absolute Gasteiger partial charge is 0.239 e. The lowest BCUT2D eigenvalue weighted by molar-refractivity contribution is -0.749. The molecule has 5 nitrogen and oxygen atoms in total. The molecule has 2 heterocycles. The molecule has 1 aromatic carbocycles. The molecule has 0 N–H and O–H groups in total. The summed E-state index contributed by atoms with van der Waals surface area (Å²) in [4.78, 5) is 4.08. The van der Waals surface area contributed by atoms with Crippen LogP contribution in [0.3, 0.4) is 0 Å². The third kappa shape index (κ3) is 1.82. The maximum Gasteiger partial charge on any atom is 0.239 e. The molecule has 0 saturated carbocycles. The topological polar surface area (TPSA) is 57.1 Å². The van der Waals surface area contributed by atoms with E-state index >= 15 is 0 Å². The molecule has 0 saturated heterocycles. The zero-order chi connectivity index (χ0) is 11.7. The van der Waals surface area contributed by atoms with Crippen LogP contribution >= 0.6 is 0 Å². The second kappa shape index (κ2) is 3.86. The van der Waals surface area contributed by atoms with Crippen molar-refractivity contribution in [2.45, 2.75) is 6.54 Å². The molecule has 0 fully saturated rings. The number of aromatic nitrogens is 4. The maximum absolute atomic E-state index is 11.6. The molecular formula is C12H10N4O. The molecule has 3 rings (SSSR count). The summed E-state index contributed by atoms with van der Waals surface area (Å²) in [6.45, 7) is 0.569. The summed E-state index contributed by atoms with van der Waals surface area (Å²) in [6.07, 6.45) is 4.96. The van der Waals surface area contributed by atoms with E-state index in [0.29, 0.717) is 12.2 Å². The van der Waals surface area contributed by atoms with Crippen LogP contribution in [0.1, 0.15) is 5.56 Å². The van der Waals surface area contributed by atoms with Crippen LogP contribution in [0.4, 0.5) is 0 Å². The average molecular weight is 226 g/mol. The van der Waals surface area contributed by atoms with E-state index in [9.17, 15) is 5.11 Å². The highest BCUT2D eigenvalue weighted by Crippen LogP contribution is 2.03. The van der Waals surface area contributed by atoms with Crippen molar-refractivity contribution in [1.29, 1.82) is 0 Å². The Morgan fingerprint density at radius 3 is 2.88 bits per heavy atom. The number of benzene rings is 1. The summed E-state index contributed by atoms with van der Waals surface area (Å²) in [5, 5.41) is 15.6. The van der Waals surface area contributed by atoms with Gasteiger partial charge < -0.3 is 5.11 Å². The minimum absolute atomic E-state index is 0.309. The number of nitrogens with zero attached hydrogens (tertiary/aromatic N) is 4. The predicted molar refractivity (Wildman–Crippen MR) is 58.2 cm³/mol. The lowest BCUT2D eigenvalue weighted by Gasteiger charge is -2.04. The van der Waals surface area contributed by atoms with Gasteiger partial charge in [-0.1, -0.05) is 35.0 Å². The largest absolute Gasteiger partial charge is 0.841 e. The normalized spacial score (nSPS) is 10.8. The summed E-state index contributed by atoms with van der Waals surface area (Å²) < 4.78 is 3.03. The molecule has 0 aliphatic heterocycles. The highest BCUT2D eigenvalue weighted by atomic mass is 16.3. The Bertz CT molecular complexity index is 648. The van der Waals surface area contributed by atoms with Crippen molar-refractivity contribution in [3.63, 3.8) is 0 Å². The van der Waals surface area contributed by atoms with Gasteiger partial charge in [0.05, 0.1) is 0 Å². The molecule has 84 valence electrons. The van der Waals surface area contributed by atoms with Gasteiger partial charge in [-0.15, -0.1) is 0 Å². The first-order valence-electron chi connectivity index (χ1n) is 5.28. The van der Waals surface area contributed by atoms with Crippen LogP contribution < -0.4 is 9.79 Å². The molecule has 3 aromatic rings. The Morgan fingerprint density at radius 1 is 1.24 bits per heavy atom. The van der Waals surface area contributed by atoms with Crippen LogP contribution in [0.2, 0.25) is 0 Å². The fourth-order valence-corrected chi connectivity index (χ4v) is 1.74. The number of hydrogen-bond donors (Lipinski definition) is 0. The lowest BCUT2D eigenvalue weighted by Crippen LogP contribution is -2.39. The highest BCUT2D eigenvalue weighted by Gasteiger charge is 2.08. The molecule has 0 bridgehead atoms. The van der Waals surface area contributed by atoms with Gasteiger partial charge >= 0.3 is 0 Å². The molecular weight excluding hydrogens is 216 g/mol. The van der Waals surface area contributed by atoms with Crippen LogP contribution in [0, 0.1) is 0 Å². The van der Waals surface area contributed by atoms with Crippen molar-refractivity contribution in [3.8, 4) is 6.01 Å². The van der Waals surface area contributed by atoms with E-state index in [1.165, 1.54) is 4.40 Å². The molecule has 5 heteroatoms. The SMILES string of the molecule is [O-]c1n[n+](Cc2ccccc2)cc2nccn12. The standard InChI is InChI=1S/C12H10N4O/c17-12-14-15(8-10-4-2-1-3-5-10)9-11-13-6-7-16(11)12/h1-7,9H,8H2. The molecule has 0 unspecified atom stereocenters. The first kappa shape index (κ1) is 9.77. The predicted octanol–water partition coefficient (Wildman–Crippen LogP) is 0.139. The van der Waals surface area contributed by atoms with Gasteiger partial charge in [-0.25, -0.2) is 4.98 Å². The van der Waals surface area contributed by atoms with Crippen molar-refractivity contribution in [3.05, 3.63) is 54.5 Å². The summed E-state index contributed by atoms with van der Waals surface area (Å²) >= 11 is 0. The van der Waals surface area contributed by atoms with E-state index in [1.807, 2.05) is 30.3 Å². The third-order valence-electron chi connectivity index (χ3n) is 2.54. The fourth-order valence-electron chi connectivity index (χ4n) is 1.74. The van der Waals surface area contributed by atoms with E-state index in [1.54, 1.807) is 23.3 Å². The van der Waals surface area contributed by atoms with Gasteiger partial charge in [0.15, 0.2) is 6.54 Å². The summed E-state index contributed by atoms with van der Waals surface area (Å²) in [7, 11) is 0. The molecule has 0 aliphatic rings. The monoisotopic (exact) mass is 226 g/mol.